The summed E-state index contributed by atoms with van der Waals surface area (Å²) in [5, 5.41) is 2.06. The summed E-state index contributed by atoms with van der Waals surface area (Å²) in [6.07, 6.45) is 4.51. The van der Waals surface area contributed by atoms with Gasteiger partial charge in [-0.1, -0.05) is 68.5 Å². The number of nitrogens with zero attached hydrogens (tertiary/aromatic N) is 1. The molecule has 0 N–H and O–H groups in total. The number of hydrogen-bond acceptors (Lipinski definition) is 6. The number of benzene rings is 5. The molecule has 1 fully saturated rings. The highest BCUT2D eigenvalue weighted by atomic mass is 16.5. The summed E-state index contributed by atoms with van der Waals surface area (Å²) < 4.78 is 30.3. The highest BCUT2D eigenvalue weighted by Gasteiger charge is 2.44. The molecule has 238 valence electrons. The van der Waals surface area contributed by atoms with Gasteiger partial charge in [0.25, 0.3) is 0 Å². The molecule has 6 heteroatoms. The van der Waals surface area contributed by atoms with E-state index >= 15 is 0 Å². The van der Waals surface area contributed by atoms with Gasteiger partial charge in [0.05, 0.1) is 34.5 Å². The van der Waals surface area contributed by atoms with Gasteiger partial charge in [-0.25, -0.2) is 0 Å². The lowest BCUT2D eigenvalue weighted by Gasteiger charge is -2.39. The Kier molecular flexibility index (Phi) is 6.96. The molecule has 0 bridgehead atoms. The zero-order valence-electron chi connectivity index (χ0n) is 27.6. The van der Waals surface area contributed by atoms with Gasteiger partial charge in [0, 0.05) is 46.3 Å². The van der Waals surface area contributed by atoms with Gasteiger partial charge in [0.2, 0.25) is 0 Å². The number of morpholine rings is 1. The van der Waals surface area contributed by atoms with Crippen molar-refractivity contribution in [2.75, 3.05) is 52.5 Å². The van der Waals surface area contributed by atoms with Gasteiger partial charge in [-0.15, -0.1) is 0 Å². The summed E-state index contributed by atoms with van der Waals surface area (Å²) >= 11 is 0. The van der Waals surface area contributed by atoms with E-state index in [0.29, 0.717) is 11.5 Å². The van der Waals surface area contributed by atoms with E-state index in [-0.39, 0.29) is 5.41 Å². The monoisotopic (exact) mass is 625 g/mol. The van der Waals surface area contributed by atoms with Crippen LogP contribution in [-0.4, -0.2) is 47.6 Å². The van der Waals surface area contributed by atoms with Crippen LogP contribution in [-0.2, 0) is 15.8 Å². The zero-order valence-corrected chi connectivity index (χ0v) is 27.6. The number of methoxy groups -OCH3 is 3. The zero-order chi connectivity index (χ0) is 32.3. The Morgan fingerprint density at radius 3 is 2.02 bits per heavy atom. The van der Waals surface area contributed by atoms with E-state index in [4.69, 9.17) is 23.7 Å². The molecule has 1 aliphatic carbocycles. The van der Waals surface area contributed by atoms with Gasteiger partial charge in [-0.2, -0.15) is 0 Å². The first-order valence-corrected chi connectivity index (χ1v) is 16.2. The molecule has 2 heterocycles. The summed E-state index contributed by atoms with van der Waals surface area (Å²) in [5.74, 6) is 2.98. The van der Waals surface area contributed by atoms with Crippen LogP contribution in [0.5, 0.6) is 23.0 Å². The third-order valence-corrected chi connectivity index (χ3v) is 10.2. The first kappa shape index (κ1) is 29.5. The van der Waals surface area contributed by atoms with Crippen molar-refractivity contribution in [1.82, 2.24) is 0 Å². The van der Waals surface area contributed by atoms with Gasteiger partial charge < -0.3 is 28.6 Å². The topological polar surface area (TPSA) is 49.4 Å². The molecular formula is C41H39NO5. The highest BCUT2D eigenvalue weighted by Crippen LogP contribution is 2.59. The fourth-order valence-electron chi connectivity index (χ4n) is 7.83. The minimum absolute atomic E-state index is 0.245. The van der Waals surface area contributed by atoms with Gasteiger partial charge >= 0.3 is 0 Å². The molecule has 1 saturated heterocycles. The summed E-state index contributed by atoms with van der Waals surface area (Å²) in [6.45, 7) is 7.88. The smallest absolute Gasteiger partial charge is 0.178 e. The molecule has 0 radical (unpaired) electrons. The third-order valence-electron chi connectivity index (χ3n) is 10.2. The molecule has 0 aromatic heterocycles. The van der Waals surface area contributed by atoms with Crippen LogP contribution in [0.2, 0.25) is 0 Å². The van der Waals surface area contributed by atoms with E-state index in [9.17, 15) is 0 Å². The van der Waals surface area contributed by atoms with Gasteiger partial charge in [0.15, 0.2) is 17.1 Å². The van der Waals surface area contributed by atoms with Crippen molar-refractivity contribution in [3.8, 4) is 34.1 Å². The second-order valence-corrected chi connectivity index (χ2v) is 13.0. The maximum Gasteiger partial charge on any atom is 0.178 e. The van der Waals surface area contributed by atoms with E-state index < -0.39 is 5.60 Å². The number of fused-ring (bicyclic) bond motifs is 8. The van der Waals surface area contributed by atoms with Crippen molar-refractivity contribution in [3.05, 3.63) is 119 Å². The number of anilines is 1. The van der Waals surface area contributed by atoms with E-state index in [1.165, 1.54) is 27.9 Å². The average Bonchev–Trinajstić information content (AvgIpc) is 3.38. The predicted octanol–water partition coefficient (Wildman–Crippen LogP) is 8.36. The molecule has 5 aromatic carbocycles. The lowest BCUT2D eigenvalue weighted by molar-refractivity contribution is 0.122. The Balaban J connectivity index is 1.39. The largest absolute Gasteiger partial charge is 0.497 e. The fraction of sp³-hybridized carbons (Fsp3) is 0.268. The van der Waals surface area contributed by atoms with Crippen LogP contribution in [0.1, 0.15) is 41.7 Å². The lowest BCUT2D eigenvalue weighted by Crippen LogP contribution is -2.37. The number of ether oxygens (including phenoxy) is 5. The van der Waals surface area contributed by atoms with Crippen LogP contribution < -0.4 is 23.8 Å². The predicted molar refractivity (Wildman–Crippen MR) is 188 cm³/mol. The molecule has 1 atom stereocenters. The van der Waals surface area contributed by atoms with Crippen molar-refractivity contribution in [3.63, 3.8) is 0 Å². The van der Waals surface area contributed by atoms with Crippen LogP contribution in [0, 0.1) is 0 Å². The Morgan fingerprint density at radius 1 is 0.723 bits per heavy atom. The molecule has 47 heavy (non-hydrogen) atoms. The molecule has 8 rings (SSSR count). The molecule has 3 aliphatic rings. The molecule has 2 aliphatic heterocycles. The van der Waals surface area contributed by atoms with E-state index in [2.05, 4.69) is 104 Å². The van der Waals surface area contributed by atoms with Gasteiger partial charge in [-0.3, -0.25) is 0 Å². The molecule has 5 aromatic rings. The van der Waals surface area contributed by atoms with Crippen molar-refractivity contribution in [2.45, 2.75) is 24.9 Å². The second kappa shape index (κ2) is 11.1. The minimum atomic E-state index is -0.896. The molecule has 0 spiro atoms. The normalized spacial score (nSPS) is 19.0. The molecule has 1 unspecified atom stereocenters. The molecule has 6 nitrogen and oxygen atoms in total. The fourth-order valence-corrected chi connectivity index (χ4v) is 7.83. The Bertz CT molecular complexity index is 2020. The summed E-state index contributed by atoms with van der Waals surface area (Å²) in [4.78, 5) is 2.37. The van der Waals surface area contributed by atoms with Crippen molar-refractivity contribution >= 4 is 22.5 Å². The quantitative estimate of drug-likeness (QED) is 0.189. The third kappa shape index (κ3) is 4.42. The van der Waals surface area contributed by atoms with E-state index in [1.54, 1.807) is 21.3 Å². The minimum Gasteiger partial charge on any atom is -0.497 e. The SMILES string of the molecule is COc1ccc(C2(c3ccc(N4CCOCC4)cc3)C=Cc3c4c(c5cc(OC)c(OC)cc5c3O2)-c2ccccc2C4(C)C)cc1. The maximum absolute atomic E-state index is 7.50. The van der Waals surface area contributed by atoms with E-state index in [0.717, 1.165) is 65.3 Å². The lowest BCUT2D eigenvalue weighted by atomic mass is 9.76. The molecule has 0 saturated carbocycles. The number of rotatable bonds is 6. The van der Waals surface area contributed by atoms with Crippen molar-refractivity contribution in [2.24, 2.45) is 0 Å². The standard InChI is InChI=1S/C41H39NO5/c1-40(2)34-9-7-6-8-30(34)37-32-24-35(44-4)36(45-5)25-33(32)39-31(38(37)40)18-19-41(47-39,27-12-16-29(43-3)17-13-27)26-10-14-28(15-11-26)42-20-22-46-23-21-42/h6-19,24-25H,20-23H2,1-5H3. The summed E-state index contributed by atoms with van der Waals surface area (Å²) in [7, 11) is 5.06. The Labute approximate surface area is 276 Å². The van der Waals surface area contributed by atoms with Crippen LogP contribution in [0.15, 0.2) is 91.0 Å². The van der Waals surface area contributed by atoms with Gasteiger partial charge in [-0.05, 0) is 70.1 Å². The second-order valence-electron chi connectivity index (χ2n) is 13.0. The Hall–Kier alpha value is -4.94. The van der Waals surface area contributed by atoms with E-state index in [1.807, 2.05) is 12.1 Å². The first-order valence-electron chi connectivity index (χ1n) is 16.2. The average molecular weight is 626 g/mol. The van der Waals surface area contributed by atoms with Crippen molar-refractivity contribution < 1.29 is 23.7 Å². The first-order chi connectivity index (χ1) is 22.9. The highest BCUT2D eigenvalue weighted by molar-refractivity contribution is 6.09. The maximum atomic E-state index is 7.50. The van der Waals surface area contributed by atoms with Crippen LogP contribution >= 0.6 is 0 Å². The van der Waals surface area contributed by atoms with Crippen LogP contribution in [0.25, 0.3) is 28.0 Å². The molecular weight excluding hydrogens is 586 g/mol. The van der Waals surface area contributed by atoms with Crippen LogP contribution in [0.4, 0.5) is 5.69 Å². The summed E-state index contributed by atoms with van der Waals surface area (Å²) in [6, 6.07) is 29.9. The molecule has 0 amide bonds. The Morgan fingerprint density at radius 2 is 1.36 bits per heavy atom. The van der Waals surface area contributed by atoms with Crippen molar-refractivity contribution in [1.29, 1.82) is 0 Å². The van der Waals surface area contributed by atoms with Gasteiger partial charge in [0.1, 0.15) is 11.5 Å². The van der Waals surface area contributed by atoms with Crippen LogP contribution in [0.3, 0.4) is 0 Å². The number of hydrogen-bond donors (Lipinski definition) is 0. The summed E-state index contributed by atoms with van der Waals surface area (Å²) in [5.41, 5.74) is 8.21.